The van der Waals surface area contributed by atoms with Crippen LogP contribution >= 0.6 is 0 Å². The summed E-state index contributed by atoms with van der Waals surface area (Å²) in [5, 5.41) is 0. The van der Waals surface area contributed by atoms with E-state index in [4.69, 9.17) is 4.74 Å². The van der Waals surface area contributed by atoms with Crippen molar-refractivity contribution in [3.63, 3.8) is 0 Å². The molecule has 16 heavy (non-hydrogen) atoms. The Morgan fingerprint density at radius 2 is 2.00 bits per heavy atom. The summed E-state index contributed by atoms with van der Waals surface area (Å²) in [7, 11) is 2.17. The smallest absolute Gasteiger partial charge is 0.302 e. The normalized spacial score (nSPS) is 27.7. The second-order valence-corrected chi connectivity index (χ2v) is 5.17. The Balaban J connectivity index is 2.21. The van der Waals surface area contributed by atoms with Crippen LogP contribution in [0, 0.1) is 0 Å². The second-order valence-electron chi connectivity index (χ2n) is 5.17. The van der Waals surface area contributed by atoms with E-state index in [1.165, 1.54) is 18.9 Å². The van der Waals surface area contributed by atoms with Gasteiger partial charge in [0.05, 0.1) is 0 Å². The van der Waals surface area contributed by atoms with Crippen LogP contribution in [-0.4, -0.2) is 36.1 Å². The molecule has 0 amide bonds. The maximum Gasteiger partial charge on any atom is 0.302 e. The number of esters is 1. The largest absolute Gasteiger partial charge is 0.462 e. The van der Waals surface area contributed by atoms with Gasteiger partial charge in [-0.05, 0) is 46.7 Å². The maximum absolute atomic E-state index is 10.6. The zero-order chi connectivity index (χ0) is 12.3. The van der Waals surface area contributed by atoms with Crippen molar-refractivity contribution in [3.05, 3.63) is 11.6 Å². The van der Waals surface area contributed by atoms with Gasteiger partial charge in [0.15, 0.2) is 0 Å². The van der Waals surface area contributed by atoms with E-state index in [0.29, 0.717) is 18.2 Å². The first kappa shape index (κ1) is 13.2. The number of ether oxygens (including phenoxy) is 1. The van der Waals surface area contributed by atoms with Crippen LogP contribution in [0.5, 0.6) is 0 Å². The number of carbonyl (C=O) groups is 1. The zero-order valence-corrected chi connectivity index (χ0v) is 11.0. The molecule has 0 saturated carbocycles. The summed E-state index contributed by atoms with van der Waals surface area (Å²) in [6.07, 6.45) is 4.27. The lowest BCUT2D eigenvalue weighted by atomic mass is 10.0. The molecule has 0 aliphatic carbocycles. The van der Waals surface area contributed by atoms with Gasteiger partial charge in [-0.15, -0.1) is 0 Å². The van der Waals surface area contributed by atoms with Crippen molar-refractivity contribution >= 4 is 5.97 Å². The first-order chi connectivity index (χ1) is 7.35. The highest BCUT2D eigenvalue weighted by molar-refractivity contribution is 5.66. The molecule has 0 spiro atoms. The fraction of sp³-hybridized carbons (Fsp3) is 0.769. The number of allylic oxidation sites excluding steroid dienone is 1. The Morgan fingerprint density at radius 1 is 1.44 bits per heavy atom. The van der Waals surface area contributed by atoms with E-state index < -0.39 is 0 Å². The van der Waals surface area contributed by atoms with Crippen LogP contribution in [0.3, 0.4) is 0 Å². The average molecular weight is 225 g/mol. The molecule has 92 valence electrons. The fourth-order valence-corrected chi connectivity index (χ4v) is 2.09. The van der Waals surface area contributed by atoms with Gasteiger partial charge in [0.25, 0.3) is 0 Å². The van der Waals surface area contributed by atoms with Crippen LogP contribution in [0.1, 0.15) is 40.5 Å². The standard InChI is InChI=1S/C13H23NO2/c1-10(8-9-16-11(2)15)6-7-12-13(3,4)14(12)5/h8,12H,6-7,9H2,1-5H3/b10-8+/t12-,14?/m1/s1. The molecule has 3 nitrogen and oxygen atoms in total. The van der Waals surface area contributed by atoms with Crippen LogP contribution < -0.4 is 0 Å². The number of rotatable bonds is 5. The van der Waals surface area contributed by atoms with Gasteiger partial charge >= 0.3 is 5.97 Å². The molecule has 1 aliphatic heterocycles. The van der Waals surface area contributed by atoms with E-state index in [-0.39, 0.29) is 5.97 Å². The Kier molecular flexibility index (Phi) is 4.14. The minimum Gasteiger partial charge on any atom is -0.462 e. The Bertz CT molecular complexity index is 294. The van der Waals surface area contributed by atoms with Crippen molar-refractivity contribution in [3.8, 4) is 0 Å². The van der Waals surface area contributed by atoms with Crippen LogP contribution in [0.25, 0.3) is 0 Å². The molecule has 1 unspecified atom stereocenters. The predicted molar refractivity (Wildman–Crippen MR) is 65.3 cm³/mol. The van der Waals surface area contributed by atoms with E-state index in [9.17, 15) is 4.79 Å². The van der Waals surface area contributed by atoms with Crippen molar-refractivity contribution in [2.24, 2.45) is 0 Å². The summed E-state index contributed by atoms with van der Waals surface area (Å²) in [6.45, 7) is 8.49. The maximum atomic E-state index is 10.6. The lowest BCUT2D eigenvalue weighted by molar-refractivity contribution is -0.139. The molecule has 0 radical (unpaired) electrons. The molecule has 1 saturated heterocycles. The van der Waals surface area contributed by atoms with Gasteiger partial charge in [0.2, 0.25) is 0 Å². The molecule has 1 aliphatic rings. The highest BCUT2D eigenvalue weighted by atomic mass is 16.5. The quantitative estimate of drug-likeness (QED) is 0.409. The Morgan fingerprint density at radius 3 is 2.44 bits per heavy atom. The van der Waals surface area contributed by atoms with E-state index in [1.807, 2.05) is 6.08 Å². The van der Waals surface area contributed by atoms with Crippen molar-refractivity contribution in [1.82, 2.24) is 4.90 Å². The molecular formula is C13H23NO2. The van der Waals surface area contributed by atoms with Crippen molar-refractivity contribution in [2.75, 3.05) is 13.7 Å². The van der Waals surface area contributed by atoms with Crippen molar-refractivity contribution in [1.29, 1.82) is 0 Å². The first-order valence-electron chi connectivity index (χ1n) is 5.87. The van der Waals surface area contributed by atoms with E-state index in [0.717, 1.165) is 6.42 Å². The third-order valence-electron chi connectivity index (χ3n) is 3.65. The minimum absolute atomic E-state index is 0.216. The summed E-state index contributed by atoms with van der Waals surface area (Å²) in [5.41, 5.74) is 1.67. The van der Waals surface area contributed by atoms with Crippen molar-refractivity contribution < 1.29 is 9.53 Å². The highest BCUT2D eigenvalue weighted by Gasteiger charge is 2.51. The first-order valence-corrected chi connectivity index (χ1v) is 5.87. The summed E-state index contributed by atoms with van der Waals surface area (Å²) >= 11 is 0. The molecular weight excluding hydrogens is 202 g/mol. The van der Waals surface area contributed by atoms with Gasteiger partial charge in [-0.3, -0.25) is 9.69 Å². The zero-order valence-electron chi connectivity index (χ0n) is 11.0. The van der Waals surface area contributed by atoms with Crippen LogP contribution in [0.4, 0.5) is 0 Å². The molecule has 3 heteroatoms. The van der Waals surface area contributed by atoms with Crippen LogP contribution in [0.15, 0.2) is 11.6 Å². The van der Waals surface area contributed by atoms with Gasteiger partial charge in [0, 0.05) is 18.5 Å². The molecule has 0 N–H and O–H groups in total. The van der Waals surface area contributed by atoms with Gasteiger partial charge in [0.1, 0.15) is 6.61 Å². The van der Waals surface area contributed by atoms with Crippen LogP contribution in [-0.2, 0) is 9.53 Å². The third-order valence-corrected chi connectivity index (χ3v) is 3.65. The molecule has 0 aromatic heterocycles. The fourth-order valence-electron chi connectivity index (χ4n) is 2.09. The number of hydrogen-bond donors (Lipinski definition) is 0. The number of carbonyl (C=O) groups excluding carboxylic acids is 1. The molecule has 0 aromatic rings. The van der Waals surface area contributed by atoms with E-state index in [1.54, 1.807) is 0 Å². The summed E-state index contributed by atoms with van der Waals surface area (Å²) < 4.78 is 4.87. The highest BCUT2D eigenvalue weighted by Crippen LogP contribution is 2.41. The Hall–Kier alpha value is -0.830. The van der Waals surface area contributed by atoms with E-state index in [2.05, 4.69) is 32.7 Å². The van der Waals surface area contributed by atoms with Gasteiger partial charge in [-0.1, -0.05) is 5.57 Å². The molecule has 1 heterocycles. The second kappa shape index (κ2) is 5.00. The van der Waals surface area contributed by atoms with Crippen molar-refractivity contribution in [2.45, 2.75) is 52.1 Å². The summed E-state index contributed by atoms with van der Waals surface area (Å²) in [5.74, 6) is -0.216. The number of hydrogen-bond acceptors (Lipinski definition) is 3. The van der Waals surface area contributed by atoms with Gasteiger partial charge in [-0.2, -0.15) is 0 Å². The summed E-state index contributed by atoms with van der Waals surface area (Å²) in [6, 6.07) is 0.699. The number of nitrogens with zero attached hydrogens (tertiary/aromatic N) is 1. The van der Waals surface area contributed by atoms with Gasteiger partial charge < -0.3 is 4.74 Å². The van der Waals surface area contributed by atoms with Gasteiger partial charge in [-0.25, -0.2) is 0 Å². The molecule has 0 bridgehead atoms. The Labute approximate surface area is 98.5 Å². The van der Waals surface area contributed by atoms with Crippen LogP contribution in [0.2, 0.25) is 0 Å². The lowest BCUT2D eigenvalue weighted by Gasteiger charge is -2.02. The third kappa shape index (κ3) is 3.34. The molecule has 1 rings (SSSR count). The number of likely N-dealkylation sites (N-methyl/N-ethyl adjacent to an activating group) is 1. The molecule has 2 atom stereocenters. The predicted octanol–water partition coefficient (Wildman–Crippen LogP) is 2.37. The summed E-state index contributed by atoms with van der Waals surface area (Å²) in [4.78, 5) is 13.0. The minimum atomic E-state index is -0.216. The van der Waals surface area contributed by atoms with E-state index >= 15 is 0 Å². The molecule has 1 fully saturated rings. The lowest BCUT2D eigenvalue weighted by Crippen LogP contribution is -2.04. The average Bonchev–Trinajstić information content (AvgIpc) is 2.62. The SMILES string of the molecule is CC(=O)OC/C=C(\C)CC[C@H]1N(C)C1(C)C. The topological polar surface area (TPSA) is 29.3 Å². The molecule has 0 aromatic carbocycles. The monoisotopic (exact) mass is 225 g/mol.